The lowest BCUT2D eigenvalue weighted by molar-refractivity contribution is -0.149. The molecule has 0 bridgehead atoms. The topological polar surface area (TPSA) is 95.1 Å². The third-order valence-electron chi connectivity index (χ3n) is 2.77. The molecule has 1 heterocycles. The van der Waals surface area contributed by atoms with Gasteiger partial charge in [0.05, 0.1) is 11.5 Å². The van der Waals surface area contributed by atoms with Crippen LogP contribution in [0.2, 0.25) is 0 Å². The first-order chi connectivity index (χ1) is 8.36. The van der Waals surface area contributed by atoms with E-state index in [1.807, 2.05) is 6.92 Å². The SMILES string of the molecule is CCC(NC(=O)CC(C)(C)C(=O)O)c1ncc[nH]1. The van der Waals surface area contributed by atoms with Crippen molar-refractivity contribution in [3.8, 4) is 0 Å². The average Bonchev–Trinajstić information content (AvgIpc) is 2.78. The molecule has 0 aromatic carbocycles. The van der Waals surface area contributed by atoms with E-state index in [9.17, 15) is 9.59 Å². The number of hydrogen-bond donors (Lipinski definition) is 3. The quantitative estimate of drug-likeness (QED) is 0.715. The summed E-state index contributed by atoms with van der Waals surface area (Å²) < 4.78 is 0. The monoisotopic (exact) mass is 253 g/mol. The van der Waals surface area contributed by atoms with Gasteiger partial charge in [-0.3, -0.25) is 9.59 Å². The van der Waals surface area contributed by atoms with Crippen LogP contribution in [-0.4, -0.2) is 27.0 Å². The number of amides is 1. The highest BCUT2D eigenvalue weighted by molar-refractivity contribution is 5.84. The number of nitrogens with zero attached hydrogens (tertiary/aromatic N) is 1. The van der Waals surface area contributed by atoms with Gasteiger partial charge in [-0.1, -0.05) is 6.92 Å². The molecule has 6 heteroatoms. The summed E-state index contributed by atoms with van der Waals surface area (Å²) in [6.45, 7) is 4.99. The normalized spacial score (nSPS) is 13.1. The number of carboxylic acid groups (broad SMARTS) is 1. The van der Waals surface area contributed by atoms with Crippen LogP contribution < -0.4 is 5.32 Å². The molecule has 6 nitrogen and oxygen atoms in total. The number of H-pyrrole nitrogens is 1. The minimum atomic E-state index is -1.06. The van der Waals surface area contributed by atoms with Crippen LogP contribution in [0.1, 0.15) is 45.5 Å². The number of nitrogens with one attached hydrogen (secondary N) is 2. The molecule has 1 aromatic rings. The Hall–Kier alpha value is -1.85. The minimum absolute atomic E-state index is 0.0560. The highest BCUT2D eigenvalue weighted by Crippen LogP contribution is 2.21. The molecule has 0 radical (unpaired) electrons. The molecule has 0 aliphatic carbocycles. The minimum Gasteiger partial charge on any atom is -0.481 e. The van der Waals surface area contributed by atoms with Crippen LogP contribution >= 0.6 is 0 Å². The lowest BCUT2D eigenvalue weighted by atomic mass is 9.89. The van der Waals surface area contributed by atoms with Crippen LogP contribution in [-0.2, 0) is 9.59 Å². The second kappa shape index (κ2) is 5.66. The Morgan fingerprint density at radius 2 is 2.22 bits per heavy atom. The highest BCUT2D eigenvalue weighted by Gasteiger charge is 2.31. The summed E-state index contributed by atoms with van der Waals surface area (Å²) in [7, 11) is 0. The number of imidazole rings is 1. The van der Waals surface area contributed by atoms with Crippen LogP contribution in [0.25, 0.3) is 0 Å². The van der Waals surface area contributed by atoms with E-state index < -0.39 is 11.4 Å². The van der Waals surface area contributed by atoms with Crippen molar-refractivity contribution in [2.24, 2.45) is 5.41 Å². The Morgan fingerprint density at radius 1 is 1.56 bits per heavy atom. The fourth-order valence-electron chi connectivity index (χ4n) is 1.55. The second-order valence-electron chi connectivity index (χ2n) is 4.87. The van der Waals surface area contributed by atoms with E-state index in [1.54, 1.807) is 12.4 Å². The predicted octanol–water partition coefficient (Wildman–Crippen LogP) is 1.48. The van der Waals surface area contributed by atoms with E-state index in [-0.39, 0.29) is 18.4 Å². The zero-order chi connectivity index (χ0) is 13.8. The Labute approximate surface area is 106 Å². The number of carboxylic acids is 1. The van der Waals surface area contributed by atoms with Crippen molar-refractivity contribution in [2.75, 3.05) is 0 Å². The van der Waals surface area contributed by atoms with Crippen molar-refractivity contribution in [3.63, 3.8) is 0 Å². The fourth-order valence-corrected chi connectivity index (χ4v) is 1.55. The van der Waals surface area contributed by atoms with Gasteiger partial charge in [-0.15, -0.1) is 0 Å². The van der Waals surface area contributed by atoms with E-state index in [1.165, 1.54) is 13.8 Å². The molecule has 18 heavy (non-hydrogen) atoms. The highest BCUT2D eigenvalue weighted by atomic mass is 16.4. The standard InChI is InChI=1S/C12H19N3O3/c1-4-8(10-13-5-6-14-10)15-9(16)7-12(2,3)11(17)18/h5-6,8H,4,7H2,1-3H3,(H,13,14)(H,15,16)(H,17,18). The molecule has 3 N–H and O–H groups in total. The average molecular weight is 253 g/mol. The van der Waals surface area contributed by atoms with Gasteiger partial charge in [0.25, 0.3) is 0 Å². The molecule has 0 saturated carbocycles. The Kier molecular flexibility index (Phi) is 4.47. The third kappa shape index (κ3) is 3.58. The predicted molar refractivity (Wildman–Crippen MR) is 65.8 cm³/mol. The van der Waals surface area contributed by atoms with Gasteiger partial charge in [-0.05, 0) is 20.3 Å². The number of carbonyl (C=O) groups excluding carboxylic acids is 1. The van der Waals surface area contributed by atoms with Gasteiger partial charge in [-0.2, -0.15) is 0 Å². The molecule has 1 unspecified atom stereocenters. The van der Waals surface area contributed by atoms with Crippen LogP contribution in [0.5, 0.6) is 0 Å². The molecular weight excluding hydrogens is 234 g/mol. The second-order valence-corrected chi connectivity index (χ2v) is 4.87. The molecule has 1 atom stereocenters. The van der Waals surface area contributed by atoms with E-state index in [0.29, 0.717) is 12.2 Å². The Morgan fingerprint density at radius 3 is 2.67 bits per heavy atom. The van der Waals surface area contributed by atoms with Gasteiger partial charge < -0.3 is 15.4 Å². The van der Waals surface area contributed by atoms with Gasteiger partial charge in [0.15, 0.2) is 0 Å². The number of hydrogen-bond acceptors (Lipinski definition) is 3. The molecule has 100 valence electrons. The Bertz CT molecular complexity index is 412. The lowest BCUT2D eigenvalue weighted by Crippen LogP contribution is -2.35. The summed E-state index contributed by atoms with van der Waals surface area (Å²) in [5.41, 5.74) is -1.06. The smallest absolute Gasteiger partial charge is 0.309 e. The third-order valence-corrected chi connectivity index (χ3v) is 2.77. The van der Waals surface area contributed by atoms with Crippen molar-refractivity contribution in [3.05, 3.63) is 18.2 Å². The summed E-state index contributed by atoms with van der Waals surface area (Å²) in [4.78, 5) is 29.8. The summed E-state index contributed by atoms with van der Waals surface area (Å²) in [5, 5.41) is 11.8. The van der Waals surface area contributed by atoms with Gasteiger partial charge in [0.2, 0.25) is 5.91 Å². The van der Waals surface area contributed by atoms with Crippen LogP contribution in [0.3, 0.4) is 0 Å². The number of carbonyl (C=O) groups is 2. The number of aromatic amines is 1. The summed E-state index contributed by atoms with van der Waals surface area (Å²) >= 11 is 0. The molecule has 0 fully saturated rings. The molecule has 0 saturated heterocycles. The molecule has 0 aliphatic heterocycles. The zero-order valence-corrected chi connectivity index (χ0v) is 10.9. The summed E-state index contributed by atoms with van der Waals surface area (Å²) in [6.07, 6.45) is 3.93. The number of rotatable bonds is 6. The maximum Gasteiger partial charge on any atom is 0.309 e. The van der Waals surface area contributed by atoms with E-state index in [4.69, 9.17) is 5.11 Å². The van der Waals surface area contributed by atoms with E-state index >= 15 is 0 Å². The van der Waals surface area contributed by atoms with Crippen LogP contribution in [0.4, 0.5) is 0 Å². The van der Waals surface area contributed by atoms with E-state index in [0.717, 1.165) is 0 Å². The van der Waals surface area contributed by atoms with Gasteiger partial charge in [0.1, 0.15) is 5.82 Å². The molecule has 0 aliphatic rings. The van der Waals surface area contributed by atoms with Crippen molar-refractivity contribution in [1.82, 2.24) is 15.3 Å². The van der Waals surface area contributed by atoms with Crippen LogP contribution in [0.15, 0.2) is 12.4 Å². The van der Waals surface area contributed by atoms with E-state index in [2.05, 4.69) is 15.3 Å². The largest absolute Gasteiger partial charge is 0.481 e. The van der Waals surface area contributed by atoms with Crippen molar-refractivity contribution in [1.29, 1.82) is 0 Å². The van der Waals surface area contributed by atoms with Crippen molar-refractivity contribution >= 4 is 11.9 Å². The van der Waals surface area contributed by atoms with Crippen molar-refractivity contribution in [2.45, 2.75) is 39.7 Å². The fraction of sp³-hybridized carbons (Fsp3) is 0.583. The van der Waals surface area contributed by atoms with Crippen molar-refractivity contribution < 1.29 is 14.7 Å². The maximum atomic E-state index is 11.8. The lowest BCUT2D eigenvalue weighted by Gasteiger charge is -2.21. The molecule has 1 amide bonds. The van der Waals surface area contributed by atoms with Gasteiger partial charge >= 0.3 is 5.97 Å². The van der Waals surface area contributed by atoms with Crippen LogP contribution in [0, 0.1) is 5.41 Å². The first kappa shape index (κ1) is 14.2. The molecule has 1 rings (SSSR count). The molecule has 0 spiro atoms. The summed E-state index contributed by atoms with van der Waals surface area (Å²) in [5.74, 6) is -0.590. The number of aliphatic carboxylic acids is 1. The first-order valence-electron chi connectivity index (χ1n) is 5.89. The van der Waals surface area contributed by atoms with Gasteiger partial charge in [-0.25, -0.2) is 4.98 Å². The summed E-state index contributed by atoms with van der Waals surface area (Å²) in [6, 6.07) is -0.211. The molecular formula is C12H19N3O3. The zero-order valence-electron chi connectivity index (χ0n) is 10.9. The van der Waals surface area contributed by atoms with Gasteiger partial charge in [0, 0.05) is 18.8 Å². The maximum absolute atomic E-state index is 11.8. The molecule has 1 aromatic heterocycles. The first-order valence-corrected chi connectivity index (χ1v) is 5.89. The number of aromatic nitrogens is 2. The Balaban J connectivity index is 2.61.